The Kier molecular flexibility index (Phi) is 4.99. The molecule has 0 saturated carbocycles. The molecule has 1 heterocycles. The Bertz CT molecular complexity index is 742. The van der Waals surface area contributed by atoms with E-state index in [0.717, 1.165) is 16.9 Å². The number of nitrogens with zero attached hydrogens (tertiary/aromatic N) is 1. The Morgan fingerprint density at radius 3 is 2.57 bits per heavy atom. The van der Waals surface area contributed by atoms with E-state index < -0.39 is 10.0 Å². The topological polar surface area (TPSA) is 63.4 Å². The van der Waals surface area contributed by atoms with Crippen LogP contribution in [-0.2, 0) is 10.0 Å². The summed E-state index contributed by atoms with van der Waals surface area (Å²) >= 11 is 10.3. The van der Waals surface area contributed by atoms with Crippen LogP contribution in [0.1, 0.15) is 18.5 Å². The number of nitrogens with two attached hydrogens (primary N) is 1. The van der Waals surface area contributed by atoms with Gasteiger partial charge in [0, 0.05) is 18.8 Å². The molecule has 0 aliphatic heterocycles. The Morgan fingerprint density at radius 1 is 1.38 bits per heavy atom. The molecule has 1 aromatic carbocycles. The van der Waals surface area contributed by atoms with Gasteiger partial charge in [-0.2, -0.15) is 4.31 Å². The summed E-state index contributed by atoms with van der Waals surface area (Å²) in [4.78, 5) is 0. The van der Waals surface area contributed by atoms with E-state index in [1.54, 1.807) is 25.2 Å². The summed E-state index contributed by atoms with van der Waals surface area (Å²) in [5.41, 5.74) is 7.19. The maximum absolute atomic E-state index is 12.6. The van der Waals surface area contributed by atoms with Crippen LogP contribution in [0, 0.1) is 0 Å². The van der Waals surface area contributed by atoms with Crippen molar-refractivity contribution in [1.29, 1.82) is 0 Å². The minimum absolute atomic E-state index is 0.206. The number of hydrogen-bond acceptors (Lipinski definition) is 4. The van der Waals surface area contributed by atoms with Gasteiger partial charge in [0.05, 0.1) is 8.81 Å². The van der Waals surface area contributed by atoms with Gasteiger partial charge in [-0.05, 0) is 46.6 Å². The highest BCUT2D eigenvalue weighted by atomic mass is 79.9. The van der Waals surface area contributed by atoms with E-state index in [2.05, 4.69) is 15.9 Å². The lowest BCUT2D eigenvalue weighted by Gasteiger charge is -2.24. The predicted octanol–water partition coefficient (Wildman–Crippen LogP) is 4.13. The zero-order chi connectivity index (χ0) is 15.8. The summed E-state index contributed by atoms with van der Waals surface area (Å²) in [5, 5.41) is 0.392. The number of thiophene rings is 1. The molecule has 4 nitrogen and oxygen atoms in total. The molecule has 114 valence electrons. The molecule has 2 N–H and O–H groups in total. The van der Waals surface area contributed by atoms with Gasteiger partial charge in [-0.1, -0.05) is 23.7 Å². The van der Waals surface area contributed by atoms with Crippen LogP contribution in [0.25, 0.3) is 0 Å². The van der Waals surface area contributed by atoms with Crippen molar-refractivity contribution in [3.63, 3.8) is 0 Å². The summed E-state index contributed by atoms with van der Waals surface area (Å²) in [6, 6.07) is 8.31. The van der Waals surface area contributed by atoms with Gasteiger partial charge in [0.1, 0.15) is 4.21 Å². The third kappa shape index (κ3) is 3.43. The van der Waals surface area contributed by atoms with Gasteiger partial charge in [-0.15, -0.1) is 11.3 Å². The second-order valence-electron chi connectivity index (χ2n) is 4.55. The zero-order valence-corrected chi connectivity index (χ0v) is 15.4. The molecule has 21 heavy (non-hydrogen) atoms. The lowest BCUT2D eigenvalue weighted by Crippen LogP contribution is -2.29. The van der Waals surface area contributed by atoms with E-state index in [9.17, 15) is 8.42 Å². The predicted molar refractivity (Wildman–Crippen MR) is 91.2 cm³/mol. The lowest BCUT2D eigenvalue weighted by atomic mass is 10.1. The molecule has 1 aromatic heterocycles. The molecule has 2 aromatic rings. The van der Waals surface area contributed by atoms with Crippen molar-refractivity contribution in [2.75, 3.05) is 12.8 Å². The normalized spacial score (nSPS) is 13.6. The molecule has 0 radical (unpaired) electrons. The van der Waals surface area contributed by atoms with Crippen LogP contribution in [-0.4, -0.2) is 19.8 Å². The van der Waals surface area contributed by atoms with Crippen LogP contribution < -0.4 is 5.73 Å². The maximum Gasteiger partial charge on any atom is 0.252 e. The molecule has 1 unspecified atom stereocenters. The average Bonchev–Trinajstić information content (AvgIpc) is 2.77. The molecular weight excluding hydrogens is 396 g/mol. The van der Waals surface area contributed by atoms with E-state index in [-0.39, 0.29) is 10.3 Å². The third-order valence-electron chi connectivity index (χ3n) is 3.19. The van der Waals surface area contributed by atoms with E-state index in [0.29, 0.717) is 14.5 Å². The fourth-order valence-corrected chi connectivity index (χ4v) is 5.77. The van der Waals surface area contributed by atoms with E-state index in [4.69, 9.17) is 17.3 Å². The number of rotatable bonds is 4. The molecule has 0 spiro atoms. The summed E-state index contributed by atoms with van der Waals surface area (Å²) in [6.45, 7) is 1.82. The largest absolute Gasteiger partial charge is 0.399 e. The summed E-state index contributed by atoms with van der Waals surface area (Å²) in [5.74, 6) is 0. The standard InChI is InChI=1S/C13H14BrClN2O2S2/c1-8(9-4-3-5-10(16)6-9)17(2)21(18,19)12-7-11(15)13(14)20-12/h3-8H,16H2,1-2H3. The number of nitrogen functional groups attached to an aromatic ring is 1. The molecule has 1 atom stereocenters. The van der Waals surface area contributed by atoms with Crippen LogP contribution in [0.4, 0.5) is 5.69 Å². The molecule has 0 bridgehead atoms. The Morgan fingerprint density at radius 2 is 2.05 bits per heavy atom. The number of sulfonamides is 1. The van der Waals surface area contributed by atoms with Crippen LogP contribution in [0.2, 0.25) is 5.02 Å². The van der Waals surface area contributed by atoms with Crippen molar-refractivity contribution < 1.29 is 8.42 Å². The van der Waals surface area contributed by atoms with Gasteiger partial charge in [-0.3, -0.25) is 0 Å². The van der Waals surface area contributed by atoms with Gasteiger partial charge in [0.2, 0.25) is 0 Å². The molecule has 0 fully saturated rings. The maximum atomic E-state index is 12.6. The third-order valence-corrected chi connectivity index (χ3v) is 8.05. The number of halogens is 2. The molecule has 2 rings (SSSR count). The summed E-state index contributed by atoms with van der Waals surface area (Å²) in [6.07, 6.45) is 0. The first kappa shape index (κ1) is 16.8. The summed E-state index contributed by atoms with van der Waals surface area (Å²) in [7, 11) is -2.06. The zero-order valence-electron chi connectivity index (χ0n) is 11.4. The molecule has 0 amide bonds. The van der Waals surface area contributed by atoms with Gasteiger partial charge < -0.3 is 5.73 Å². The van der Waals surface area contributed by atoms with Gasteiger partial charge in [0.25, 0.3) is 10.0 Å². The van der Waals surface area contributed by atoms with E-state index >= 15 is 0 Å². The van der Waals surface area contributed by atoms with Crippen molar-refractivity contribution >= 4 is 54.6 Å². The summed E-state index contributed by atoms with van der Waals surface area (Å²) < 4.78 is 27.4. The Hall–Kier alpha value is -0.600. The smallest absolute Gasteiger partial charge is 0.252 e. The number of hydrogen-bond donors (Lipinski definition) is 1. The minimum atomic E-state index is -3.60. The van der Waals surface area contributed by atoms with Crippen molar-refractivity contribution in [3.8, 4) is 0 Å². The molecule has 0 saturated heterocycles. The van der Waals surface area contributed by atoms with Crippen molar-refractivity contribution in [2.24, 2.45) is 0 Å². The quantitative estimate of drug-likeness (QED) is 0.772. The monoisotopic (exact) mass is 408 g/mol. The average molecular weight is 410 g/mol. The highest BCUT2D eigenvalue weighted by Gasteiger charge is 2.28. The Labute approximate surface area is 141 Å². The molecular formula is C13H14BrClN2O2S2. The highest BCUT2D eigenvalue weighted by Crippen LogP contribution is 2.37. The van der Waals surface area contributed by atoms with Gasteiger partial charge >= 0.3 is 0 Å². The number of benzene rings is 1. The first-order valence-electron chi connectivity index (χ1n) is 6.02. The fourth-order valence-electron chi connectivity index (χ4n) is 1.83. The van der Waals surface area contributed by atoms with Crippen LogP contribution in [0.3, 0.4) is 0 Å². The van der Waals surface area contributed by atoms with Gasteiger partial charge in [-0.25, -0.2) is 8.42 Å². The lowest BCUT2D eigenvalue weighted by molar-refractivity contribution is 0.399. The first-order valence-corrected chi connectivity index (χ1v) is 9.44. The second kappa shape index (κ2) is 6.26. The molecule has 8 heteroatoms. The highest BCUT2D eigenvalue weighted by molar-refractivity contribution is 9.11. The first-order chi connectivity index (χ1) is 9.73. The van der Waals surface area contributed by atoms with Crippen LogP contribution >= 0.6 is 38.9 Å². The molecule has 0 aliphatic rings. The van der Waals surface area contributed by atoms with Crippen molar-refractivity contribution in [2.45, 2.75) is 17.2 Å². The fraction of sp³-hybridized carbons (Fsp3) is 0.231. The van der Waals surface area contributed by atoms with Gasteiger partial charge in [0.15, 0.2) is 0 Å². The van der Waals surface area contributed by atoms with Crippen LogP contribution in [0.5, 0.6) is 0 Å². The Balaban J connectivity index is 2.36. The van der Waals surface area contributed by atoms with Crippen molar-refractivity contribution in [3.05, 3.63) is 44.7 Å². The van der Waals surface area contributed by atoms with Crippen LogP contribution in [0.15, 0.2) is 38.3 Å². The van der Waals surface area contributed by atoms with E-state index in [1.807, 2.05) is 13.0 Å². The molecule has 0 aliphatic carbocycles. The number of anilines is 1. The second-order valence-corrected chi connectivity index (χ2v) is 9.56. The van der Waals surface area contributed by atoms with Crippen molar-refractivity contribution in [1.82, 2.24) is 4.31 Å². The SMILES string of the molecule is CC(c1cccc(N)c1)N(C)S(=O)(=O)c1cc(Cl)c(Br)s1. The van der Waals surface area contributed by atoms with E-state index in [1.165, 1.54) is 10.4 Å². The minimum Gasteiger partial charge on any atom is -0.399 e.